The van der Waals surface area contributed by atoms with Crippen LogP contribution in [-0.4, -0.2) is 58.3 Å². The summed E-state index contributed by atoms with van der Waals surface area (Å²) in [5, 5.41) is 10.4. The van der Waals surface area contributed by atoms with Crippen molar-refractivity contribution in [1.82, 2.24) is 14.7 Å². The Hall–Kier alpha value is -1.24. The molecule has 1 fully saturated rings. The smallest absolute Gasteiger partial charge is 0.356 e. The van der Waals surface area contributed by atoms with E-state index in [2.05, 4.69) is 5.10 Å². The lowest BCUT2D eigenvalue weighted by atomic mass is 9.92. The summed E-state index contributed by atoms with van der Waals surface area (Å²) in [6.07, 6.45) is -5.55. The van der Waals surface area contributed by atoms with Crippen molar-refractivity contribution < 1.29 is 35.8 Å². The second-order valence-electron chi connectivity index (χ2n) is 8.37. The van der Waals surface area contributed by atoms with Crippen LogP contribution < -0.4 is 0 Å². The second-order valence-corrected chi connectivity index (χ2v) is 10.6. The molecule has 1 N–H and O–H groups in total. The Morgan fingerprint density at radius 1 is 1.17 bits per heavy atom. The molecule has 0 bridgehead atoms. The van der Waals surface area contributed by atoms with E-state index in [9.17, 15) is 26.7 Å². The quantitative estimate of drug-likeness (QED) is 0.554. The lowest BCUT2D eigenvalue weighted by Crippen LogP contribution is -2.50. The Labute approximate surface area is 167 Å². The van der Waals surface area contributed by atoms with Gasteiger partial charge in [-0.15, -0.1) is 0 Å². The SMILES string of the molecule is Cn1cc(S(=O)(=O)C(C)(F)C2CCN(C(O)OC(C)(C)C)CC2)c(C(F)(F)F)n1. The topological polar surface area (TPSA) is 84.7 Å². The summed E-state index contributed by atoms with van der Waals surface area (Å²) in [5.41, 5.74) is -2.25. The van der Waals surface area contributed by atoms with Crippen molar-refractivity contribution in [3.8, 4) is 0 Å². The van der Waals surface area contributed by atoms with E-state index in [-0.39, 0.29) is 25.9 Å². The van der Waals surface area contributed by atoms with Gasteiger partial charge in [-0.2, -0.15) is 18.3 Å². The van der Waals surface area contributed by atoms with Crippen molar-refractivity contribution in [2.24, 2.45) is 13.0 Å². The van der Waals surface area contributed by atoms with Crippen molar-refractivity contribution >= 4 is 9.84 Å². The zero-order chi connectivity index (χ0) is 22.4. The highest BCUT2D eigenvalue weighted by Crippen LogP contribution is 2.43. The lowest BCUT2D eigenvalue weighted by Gasteiger charge is -2.40. The summed E-state index contributed by atoms with van der Waals surface area (Å²) in [4.78, 5) is 0.353. The number of rotatable bonds is 5. The molecule has 7 nitrogen and oxygen atoms in total. The number of halogens is 4. The van der Waals surface area contributed by atoms with Crippen molar-refractivity contribution in [3.63, 3.8) is 0 Å². The Bertz CT molecular complexity index is 823. The number of sulfone groups is 1. The predicted molar refractivity (Wildman–Crippen MR) is 96.1 cm³/mol. The van der Waals surface area contributed by atoms with E-state index < -0.39 is 49.5 Å². The van der Waals surface area contributed by atoms with Gasteiger partial charge >= 0.3 is 6.18 Å². The molecule has 29 heavy (non-hydrogen) atoms. The first kappa shape index (κ1) is 24.0. The standard InChI is InChI=1S/C17H27F4N3O4S/c1-15(2,3)28-14(25)24-8-6-11(7-9-24)16(4,18)29(26,27)12-10-23(5)22-13(12)17(19,20)21/h10-11,14,25H,6-9H2,1-5H3. The number of aliphatic hydroxyl groups excluding tert-OH is 1. The minimum Gasteiger partial charge on any atom is -0.356 e. The molecule has 12 heteroatoms. The van der Waals surface area contributed by atoms with Crippen LogP contribution in [0.2, 0.25) is 0 Å². The molecule has 1 saturated heterocycles. The van der Waals surface area contributed by atoms with E-state index in [1.165, 1.54) is 4.90 Å². The maximum atomic E-state index is 15.5. The first-order chi connectivity index (χ1) is 13.0. The fourth-order valence-electron chi connectivity index (χ4n) is 3.32. The highest BCUT2D eigenvalue weighted by Gasteiger charge is 2.52. The van der Waals surface area contributed by atoms with Gasteiger partial charge < -0.3 is 9.84 Å². The zero-order valence-electron chi connectivity index (χ0n) is 17.0. The van der Waals surface area contributed by atoms with E-state index >= 15 is 4.39 Å². The van der Waals surface area contributed by atoms with Gasteiger partial charge in [-0.3, -0.25) is 9.58 Å². The van der Waals surface area contributed by atoms with Gasteiger partial charge in [-0.1, -0.05) is 0 Å². The molecule has 1 aromatic rings. The van der Waals surface area contributed by atoms with E-state index in [0.29, 0.717) is 10.9 Å². The summed E-state index contributed by atoms with van der Waals surface area (Å²) in [6.45, 7) is 6.31. The molecule has 2 unspecified atom stereocenters. The molecule has 168 valence electrons. The number of aliphatic hydroxyl groups is 1. The first-order valence-electron chi connectivity index (χ1n) is 9.11. The van der Waals surface area contributed by atoms with E-state index in [1.54, 1.807) is 20.8 Å². The van der Waals surface area contributed by atoms with Gasteiger partial charge in [0.1, 0.15) is 4.90 Å². The number of piperidine rings is 1. The Balaban J connectivity index is 2.22. The van der Waals surface area contributed by atoms with Gasteiger partial charge in [-0.05, 0) is 40.5 Å². The van der Waals surface area contributed by atoms with Crippen LogP contribution in [0.3, 0.4) is 0 Å². The fraction of sp³-hybridized carbons (Fsp3) is 0.824. The number of aryl methyl sites for hydroxylation is 1. The number of aromatic nitrogens is 2. The summed E-state index contributed by atoms with van der Waals surface area (Å²) in [6, 6.07) is 0. The highest BCUT2D eigenvalue weighted by molar-refractivity contribution is 7.92. The van der Waals surface area contributed by atoms with Crippen LogP contribution in [0.4, 0.5) is 17.6 Å². The maximum absolute atomic E-state index is 15.5. The molecule has 0 aromatic carbocycles. The molecule has 2 rings (SSSR count). The molecule has 2 atom stereocenters. The molecule has 0 radical (unpaired) electrons. The van der Waals surface area contributed by atoms with Crippen molar-refractivity contribution in [3.05, 3.63) is 11.9 Å². The van der Waals surface area contributed by atoms with Crippen LogP contribution in [0.1, 0.15) is 46.2 Å². The van der Waals surface area contributed by atoms with Crippen LogP contribution in [0.25, 0.3) is 0 Å². The number of likely N-dealkylation sites (tertiary alicyclic amines) is 1. The third-order valence-corrected chi connectivity index (χ3v) is 7.17. The summed E-state index contributed by atoms with van der Waals surface area (Å²) in [7, 11) is -3.84. The van der Waals surface area contributed by atoms with Gasteiger partial charge in [0.25, 0.3) is 0 Å². The second kappa shape index (κ2) is 7.78. The average Bonchev–Trinajstić information content (AvgIpc) is 2.96. The number of hydrogen-bond donors (Lipinski definition) is 1. The van der Waals surface area contributed by atoms with Gasteiger partial charge in [0.05, 0.1) is 5.60 Å². The molecule has 0 amide bonds. The first-order valence-corrected chi connectivity index (χ1v) is 10.6. The molecule has 0 saturated carbocycles. The largest absolute Gasteiger partial charge is 0.436 e. The van der Waals surface area contributed by atoms with Crippen LogP contribution in [-0.2, 0) is 27.8 Å². The van der Waals surface area contributed by atoms with Gasteiger partial charge in [0.15, 0.2) is 5.69 Å². The predicted octanol–water partition coefficient (Wildman–Crippen LogP) is 2.70. The zero-order valence-corrected chi connectivity index (χ0v) is 17.8. The third kappa shape index (κ3) is 5.09. The van der Waals surface area contributed by atoms with E-state index in [0.717, 1.165) is 14.0 Å². The minimum absolute atomic E-state index is 0.0262. The molecule has 0 aliphatic carbocycles. The molecule has 2 heterocycles. The van der Waals surface area contributed by atoms with Gasteiger partial charge in [-0.25, -0.2) is 12.8 Å². The summed E-state index contributed by atoms with van der Waals surface area (Å²) >= 11 is 0. The summed E-state index contributed by atoms with van der Waals surface area (Å²) < 4.78 is 86.8. The molecule has 0 spiro atoms. The monoisotopic (exact) mass is 445 g/mol. The van der Waals surface area contributed by atoms with E-state index in [1.807, 2.05) is 0 Å². The average molecular weight is 445 g/mol. The molecule has 1 aromatic heterocycles. The van der Waals surface area contributed by atoms with E-state index in [4.69, 9.17) is 4.74 Å². The Morgan fingerprint density at radius 3 is 2.14 bits per heavy atom. The number of hydrogen-bond acceptors (Lipinski definition) is 6. The summed E-state index contributed by atoms with van der Waals surface area (Å²) in [5.74, 6) is -1.05. The third-order valence-electron chi connectivity index (χ3n) is 4.91. The van der Waals surface area contributed by atoms with Crippen molar-refractivity contribution in [2.75, 3.05) is 13.1 Å². The lowest BCUT2D eigenvalue weighted by molar-refractivity contribution is -0.244. The Kier molecular flexibility index (Phi) is 6.45. The molecule has 1 aliphatic heterocycles. The minimum atomic E-state index is -5.03. The van der Waals surface area contributed by atoms with Crippen LogP contribution >= 0.6 is 0 Å². The highest BCUT2D eigenvalue weighted by atomic mass is 32.2. The van der Waals surface area contributed by atoms with Gasteiger partial charge in [0, 0.05) is 32.3 Å². The molecular formula is C17H27F4N3O4S. The number of ether oxygens (including phenoxy) is 1. The molecule has 1 aliphatic rings. The van der Waals surface area contributed by atoms with Crippen molar-refractivity contribution in [1.29, 1.82) is 0 Å². The maximum Gasteiger partial charge on any atom is 0.436 e. The fourth-order valence-corrected chi connectivity index (χ4v) is 5.13. The van der Waals surface area contributed by atoms with Gasteiger partial charge in [0.2, 0.25) is 21.3 Å². The Morgan fingerprint density at radius 2 is 1.69 bits per heavy atom. The normalized spacial score (nSPS) is 21.2. The number of alkyl halides is 4. The molecular weight excluding hydrogens is 418 g/mol. The van der Waals surface area contributed by atoms with Crippen LogP contribution in [0.15, 0.2) is 11.1 Å². The van der Waals surface area contributed by atoms with Crippen molar-refractivity contribution in [2.45, 2.75) is 68.6 Å². The van der Waals surface area contributed by atoms with Crippen LogP contribution in [0, 0.1) is 5.92 Å². The van der Waals surface area contributed by atoms with Crippen LogP contribution in [0.5, 0.6) is 0 Å². The number of nitrogens with zero attached hydrogens (tertiary/aromatic N) is 3.